The number of rotatable bonds is 3. The van der Waals surface area contributed by atoms with Gasteiger partial charge in [0.15, 0.2) is 0 Å². The first-order valence-electron chi connectivity index (χ1n) is 2.45. The van der Waals surface area contributed by atoms with Crippen LogP contribution in [0.15, 0.2) is 6.07 Å². The van der Waals surface area contributed by atoms with E-state index in [2.05, 4.69) is 9.11 Å². The Morgan fingerprint density at radius 2 is 2.55 bits per heavy atom. The van der Waals surface area contributed by atoms with E-state index in [0.717, 1.165) is 6.07 Å². The summed E-state index contributed by atoms with van der Waals surface area (Å²) in [5.74, 6) is -0.0447. The van der Waals surface area contributed by atoms with Gasteiger partial charge in [0.25, 0.3) is 6.47 Å². The van der Waals surface area contributed by atoms with Gasteiger partial charge in [-0.1, -0.05) is 0 Å². The van der Waals surface area contributed by atoms with Crippen molar-refractivity contribution >= 4 is 23.0 Å². The Hall–Kier alpha value is -1.50. The van der Waals surface area contributed by atoms with Crippen molar-refractivity contribution in [1.29, 1.82) is 0 Å². The summed E-state index contributed by atoms with van der Waals surface area (Å²) in [5.41, 5.74) is 0. The SMILES string of the molecule is O=COc1cc([N+](=O)[O-])sn1. The molecule has 0 radical (unpaired) electrons. The van der Waals surface area contributed by atoms with Crippen LogP contribution in [0.25, 0.3) is 0 Å². The van der Waals surface area contributed by atoms with Crippen LogP contribution >= 0.6 is 11.5 Å². The topological polar surface area (TPSA) is 82.3 Å². The molecule has 0 amide bonds. The molecular formula is C4H2N2O4S. The third-order valence-electron chi connectivity index (χ3n) is 0.825. The van der Waals surface area contributed by atoms with Crippen LogP contribution in [0.3, 0.4) is 0 Å². The van der Waals surface area contributed by atoms with E-state index in [1.165, 1.54) is 0 Å². The fourth-order valence-electron chi connectivity index (χ4n) is 0.441. The lowest BCUT2D eigenvalue weighted by atomic mass is 10.7. The number of nitrogens with zero attached hydrogens (tertiary/aromatic N) is 2. The summed E-state index contributed by atoms with van der Waals surface area (Å²) in [6, 6.07) is 1.08. The van der Waals surface area contributed by atoms with Crippen molar-refractivity contribution in [1.82, 2.24) is 4.37 Å². The van der Waals surface area contributed by atoms with Gasteiger partial charge in [-0.15, -0.1) is 4.37 Å². The molecule has 0 spiro atoms. The number of ether oxygens (including phenoxy) is 1. The Bertz CT molecular complexity index is 283. The highest BCUT2D eigenvalue weighted by Gasteiger charge is 2.11. The molecule has 0 unspecified atom stereocenters. The molecule has 0 bridgehead atoms. The van der Waals surface area contributed by atoms with Crippen molar-refractivity contribution in [3.63, 3.8) is 0 Å². The standard InChI is InChI=1S/C4H2N2O4S/c7-2-10-3-1-4(6(8)9)11-5-3/h1-2H. The van der Waals surface area contributed by atoms with Gasteiger partial charge in [0, 0.05) is 11.5 Å². The van der Waals surface area contributed by atoms with Crippen LogP contribution in [-0.4, -0.2) is 15.8 Å². The van der Waals surface area contributed by atoms with Crippen LogP contribution in [0.5, 0.6) is 5.88 Å². The summed E-state index contributed by atoms with van der Waals surface area (Å²) in [7, 11) is 0. The van der Waals surface area contributed by atoms with Crippen LogP contribution < -0.4 is 4.74 Å². The molecule has 0 fully saturated rings. The van der Waals surface area contributed by atoms with Crippen molar-refractivity contribution in [3.8, 4) is 5.88 Å². The molecule has 1 rings (SSSR count). The van der Waals surface area contributed by atoms with Crippen molar-refractivity contribution in [2.75, 3.05) is 0 Å². The molecule has 0 aliphatic rings. The minimum atomic E-state index is -0.602. The van der Waals surface area contributed by atoms with E-state index in [-0.39, 0.29) is 17.4 Å². The summed E-state index contributed by atoms with van der Waals surface area (Å²) >= 11 is 0.665. The second kappa shape index (κ2) is 3.06. The Kier molecular flexibility index (Phi) is 2.12. The van der Waals surface area contributed by atoms with E-state index in [1.54, 1.807) is 0 Å². The zero-order chi connectivity index (χ0) is 8.27. The molecule has 0 aliphatic carbocycles. The van der Waals surface area contributed by atoms with E-state index in [1.807, 2.05) is 0 Å². The van der Waals surface area contributed by atoms with Crippen LogP contribution in [0, 0.1) is 10.1 Å². The van der Waals surface area contributed by atoms with E-state index in [9.17, 15) is 14.9 Å². The third kappa shape index (κ3) is 1.71. The van der Waals surface area contributed by atoms with Crippen LogP contribution in [0.2, 0.25) is 0 Å². The summed E-state index contributed by atoms with van der Waals surface area (Å²) < 4.78 is 7.72. The van der Waals surface area contributed by atoms with E-state index in [4.69, 9.17) is 0 Å². The monoisotopic (exact) mass is 174 g/mol. The molecule has 1 aromatic heterocycles. The number of aromatic nitrogens is 1. The summed E-state index contributed by atoms with van der Waals surface area (Å²) in [4.78, 5) is 19.2. The minimum Gasteiger partial charge on any atom is -0.408 e. The number of carbonyl (C=O) groups is 1. The van der Waals surface area contributed by atoms with Crippen LogP contribution in [0.1, 0.15) is 0 Å². The predicted molar refractivity (Wildman–Crippen MR) is 35.5 cm³/mol. The van der Waals surface area contributed by atoms with Gasteiger partial charge < -0.3 is 4.74 Å². The predicted octanol–water partition coefficient (Wildman–Crippen LogP) is 0.586. The normalized spacial score (nSPS) is 9.09. The molecule has 1 aromatic rings. The Morgan fingerprint density at radius 3 is 3.00 bits per heavy atom. The average Bonchev–Trinajstić information content (AvgIpc) is 2.37. The molecule has 0 saturated heterocycles. The van der Waals surface area contributed by atoms with Gasteiger partial charge in [0.05, 0.1) is 11.0 Å². The van der Waals surface area contributed by atoms with Gasteiger partial charge in [-0.3, -0.25) is 14.9 Å². The van der Waals surface area contributed by atoms with Gasteiger partial charge in [-0.2, -0.15) is 0 Å². The van der Waals surface area contributed by atoms with Gasteiger partial charge in [-0.05, 0) is 0 Å². The largest absolute Gasteiger partial charge is 0.408 e. The molecule has 0 atom stereocenters. The first-order chi connectivity index (χ1) is 5.24. The Balaban J connectivity index is 2.81. The van der Waals surface area contributed by atoms with E-state index in [0.29, 0.717) is 11.5 Å². The first-order valence-corrected chi connectivity index (χ1v) is 3.23. The maximum atomic E-state index is 10.1. The van der Waals surface area contributed by atoms with Crippen molar-refractivity contribution in [2.24, 2.45) is 0 Å². The fraction of sp³-hybridized carbons (Fsp3) is 0. The smallest absolute Gasteiger partial charge is 0.347 e. The average molecular weight is 174 g/mol. The molecule has 0 N–H and O–H groups in total. The lowest BCUT2D eigenvalue weighted by molar-refractivity contribution is -0.380. The lowest BCUT2D eigenvalue weighted by Gasteiger charge is -1.82. The van der Waals surface area contributed by atoms with E-state index < -0.39 is 4.92 Å². The second-order valence-electron chi connectivity index (χ2n) is 1.47. The molecule has 58 valence electrons. The highest BCUT2D eigenvalue weighted by atomic mass is 32.1. The first kappa shape index (κ1) is 7.61. The molecule has 0 aliphatic heterocycles. The molecular weight excluding hydrogens is 172 g/mol. The highest BCUT2D eigenvalue weighted by molar-refractivity contribution is 7.09. The van der Waals surface area contributed by atoms with Crippen molar-refractivity contribution in [3.05, 3.63) is 16.2 Å². The molecule has 7 heteroatoms. The maximum Gasteiger partial charge on any atom is 0.347 e. The molecule has 0 aromatic carbocycles. The zero-order valence-corrected chi connectivity index (χ0v) is 5.91. The van der Waals surface area contributed by atoms with Crippen molar-refractivity contribution in [2.45, 2.75) is 0 Å². The Labute approximate surface area is 64.7 Å². The van der Waals surface area contributed by atoms with Crippen LogP contribution in [-0.2, 0) is 4.79 Å². The third-order valence-corrected chi connectivity index (χ3v) is 1.55. The molecule has 1 heterocycles. The summed E-state index contributed by atoms with van der Waals surface area (Å²) in [6.45, 7) is 0.165. The number of nitro groups is 1. The van der Waals surface area contributed by atoms with Gasteiger partial charge in [0.1, 0.15) is 0 Å². The molecule has 11 heavy (non-hydrogen) atoms. The zero-order valence-electron chi connectivity index (χ0n) is 5.09. The summed E-state index contributed by atoms with van der Waals surface area (Å²) in [5, 5.41) is 9.90. The second-order valence-corrected chi connectivity index (χ2v) is 2.26. The Morgan fingerprint density at radius 1 is 1.82 bits per heavy atom. The van der Waals surface area contributed by atoms with E-state index >= 15 is 0 Å². The van der Waals surface area contributed by atoms with Crippen molar-refractivity contribution < 1.29 is 14.5 Å². The highest BCUT2D eigenvalue weighted by Crippen LogP contribution is 2.22. The van der Waals surface area contributed by atoms with Gasteiger partial charge in [0.2, 0.25) is 5.88 Å². The minimum absolute atomic E-state index is 0.0447. The van der Waals surface area contributed by atoms with Gasteiger partial charge in [-0.25, -0.2) is 0 Å². The maximum absolute atomic E-state index is 10.1. The number of hydrogen-bond acceptors (Lipinski definition) is 6. The fourth-order valence-corrected chi connectivity index (χ4v) is 0.940. The lowest BCUT2D eigenvalue weighted by Crippen LogP contribution is -1.87. The quantitative estimate of drug-likeness (QED) is 0.380. The molecule has 6 nitrogen and oxygen atoms in total. The van der Waals surface area contributed by atoms with Crippen LogP contribution in [0.4, 0.5) is 5.00 Å². The number of hydrogen-bond donors (Lipinski definition) is 0. The molecule has 0 saturated carbocycles. The van der Waals surface area contributed by atoms with Gasteiger partial charge >= 0.3 is 5.00 Å². The number of carbonyl (C=O) groups excluding carboxylic acids is 1. The summed E-state index contributed by atoms with van der Waals surface area (Å²) in [6.07, 6.45) is 0.